The third-order valence-electron chi connectivity index (χ3n) is 2.91. The molecule has 0 fully saturated rings. The van der Waals surface area contributed by atoms with E-state index in [1.165, 1.54) is 25.4 Å². The van der Waals surface area contributed by atoms with Crippen molar-refractivity contribution in [1.29, 1.82) is 0 Å². The van der Waals surface area contributed by atoms with E-state index in [1.54, 1.807) is 12.1 Å². The number of carboxylic acid groups (broad SMARTS) is 1. The summed E-state index contributed by atoms with van der Waals surface area (Å²) in [6.45, 7) is 1.69. The molecule has 122 valence electrons. The zero-order valence-electron chi connectivity index (χ0n) is 12.3. The standard InChI is InChI=1S/C14H19ClN2O5/c1-8(18)7-16-11(14(20)21)6-13(19)17-10-5-9(15)3-4-12(10)22-2/h3-5,8,11,16,18H,6-7H2,1-2H3,(H,17,19)(H,20,21)/t8-,11+/m1/s1. The van der Waals surface area contributed by atoms with Gasteiger partial charge in [0, 0.05) is 5.02 Å². The number of hydrogen-bond donors (Lipinski definition) is 3. The molecule has 1 amide bonds. The molecule has 0 aliphatic carbocycles. The number of nitrogens with two attached hydrogens (primary N) is 1. The average molecular weight is 331 g/mol. The summed E-state index contributed by atoms with van der Waals surface area (Å²) in [5, 5.41) is 24.5. The number of hydrogen-bond acceptors (Lipinski definition) is 5. The highest BCUT2D eigenvalue weighted by Crippen LogP contribution is 2.27. The third-order valence-corrected chi connectivity index (χ3v) is 3.14. The topological polar surface area (TPSA) is 115 Å². The Morgan fingerprint density at radius 3 is 2.73 bits per heavy atom. The molecule has 1 aromatic carbocycles. The van der Waals surface area contributed by atoms with Crippen LogP contribution in [-0.4, -0.2) is 42.8 Å². The summed E-state index contributed by atoms with van der Waals surface area (Å²) >= 11 is 5.85. The van der Waals surface area contributed by atoms with Gasteiger partial charge in [-0.1, -0.05) is 11.6 Å². The Bertz CT molecular complexity index is 536. The zero-order valence-corrected chi connectivity index (χ0v) is 13.1. The van der Waals surface area contributed by atoms with Crippen molar-refractivity contribution < 1.29 is 29.9 Å². The van der Waals surface area contributed by atoms with E-state index in [4.69, 9.17) is 16.3 Å². The van der Waals surface area contributed by atoms with Gasteiger partial charge in [-0.3, -0.25) is 4.79 Å². The number of carbonyl (C=O) groups excluding carboxylic acids is 2. The van der Waals surface area contributed by atoms with Gasteiger partial charge in [-0.15, -0.1) is 0 Å². The highest BCUT2D eigenvalue weighted by molar-refractivity contribution is 6.31. The van der Waals surface area contributed by atoms with Gasteiger partial charge in [0.15, 0.2) is 0 Å². The number of carbonyl (C=O) groups is 2. The van der Waals surface area contributed by atoms with Gasteiger partial charge in [0.1, 0.15) is 18.3 Å². The first-order valence-electron chi connectivity index (χ1n) is 6.69. The van der Waals surface area contributed by atoms with Gasteiger partial charge in [-0.2, -0.15) is 0 Å². The summed E-state index contributed by atoms with van der Waals surface area (Å²) in [4.78, 5) is 23.0. The summed E-state index contributed by atoms with van der Waals surface area (Å²) < 4.78 is 5.09. The van der Waals surface area contributed by atoms with Crippen LogP contribution < -0.4 is 20.5 Å². The Morgan fingerprint density at radius 2 is 2.18 bits per heavy atom. The number of quaternary nitrogens is 1. The number of aliphatic hydroxyl groups is 1. The van der Waals surface area contributed by atoms with Crippen LogP contribution in [0, 0.1) is 0 Å². The van der Waals surface area contributed by atoms with E-state index < -0.39 is 24.0 Å². The largest absolute Gasteiger partial charge is 0.544 e. The van der Waals surface area contributed by atoms with Crippen LogP contribution in [0.3, 0.4) is 0 Å². The molecular formula is C14H19ClN2O5. The number of anilines is 1. The number of amides is 1. The smallest absolute Gasteiger partial charge is 0.230 e. The molecule has 7 nitrogen and oxygen atoms in total. The second kappa shape index (κ2) is 8.57. The lowest BCUT2D eigenvalue weighted by molar-refractivity contribution is -0.687. The monoisotopic (exact) mass is 330 g/mol. The maximum absolute atomic E-state index is 12.0. The number of halogens is 1. The van der Waals surface area contributed by atoms with E-state index >= 15 is 0 Å². The molecule has 0 bridgehead atoms. The van der Waals surface area contributed by atoms with Crippen LogP contribution in [0.4, 0.5) is 5.69 Å². The molecule has 4 N–H and O–H groups in total. The van der Waals surface area contributed by atoms with Crippen molar-refractivity contribution in [2.45, 2.75) is 25.5 Å². The average Bonchev–Trinajstić information content (AvgIpc) is 2.43. The molecule has 0 heterocycles. The van der Waals surface area contributed by atoms with E-state index in [0.29, 0.717) is 16.5 Å². The SMILES string of the molecule is COc1ccc(Cl)cc1NC(=O)C[C@H]([NH2+]C[C@@H](C)O)C(=O)[O-]. The van der Waals surface area contributed by atoms with Crippen molar-refractivity contribution in [3.8, 4) is 5.75 Å². The molecule has 0 saturated heterocycles. The van der Waals surface area contributed by atoms with E-state index in [1.807, 2.05) is 0 Å². The lowest BCUT2D eigenvalue weighted by Crippen LogP contribution is -2.94. The van der Waals surface area contributed by atoms with Crippen LogP contribution >= 0.6 is 11.6 Å². The van der Waals surface area contributed by atoms with Crippen LogP contribution in [0.5, 0.6) is 5.75 Å². The number of aliphatic carboxylic acids is 1. The van der Waals surface area contributed by atoms with Crippen molar-refractivity contribution in [2.24, 2.45) is 0 Å². The van der Waals surface area contributed by atoms with Gasteiger partial charge >= 0.3 is 0 Å². The number of nitrogens with one attached hydrogen (secondary N) is 1. The van der Waals surface area contributed by atoms with Gasteiger partial charge in [0.2, 0.25) is 5.91 Å². The van der Waals surface area contributed by atoms with Crippen molar-refractivity contribution >= 4 is 29.2 Å². The molecule has 1 aromatic rings. The van der Waals surface area contributed by atoms with Crippen LogP contribution in [-0.2, 0) is 9.59 Å². The summed E-state index contributed by atoms with van der Waals surface area (Å²) in [5.74, 6) is -1.47. The fourth-order valence-corrected chi connectivity index (χ4v) is 1.98. The first kappa shape index (κ1) is 18.2. The fourth-order valence-electron chi connectivity index (χ4n) is 1.80. The van der Waals surface area contributed by atoms with Gasteiger partial charge < -0.3 is 30.4 Å². The molecule has 0 unspecified atom stereocenters. The number of carboxylic acids is 1. The first-order valence-corrected chi connectivity index (χ1v) is 7.07. The fraction of sp³-hybridized carbons (Fsp3) is 0.429. The third kappa shape index (κ3) is 5.88. The lowest BCUT2D eigenvalue weighted by Gasteiger charge is -2.17. The molecular weight excluding hydrogens is 312 g/mol. The molecule has 0 saturated carbocycles. The first-order chi connectivity index (χ1) is 10.3. The van der Waals surface area contributed by atoms with Gasteiger partial charge in [0.25, 0.3) is 0 Å². The van der Waals surface area contributed by atoms with E-state index in [0.717, 1.165) is 0 Å². The Labute approximate surface area is 133 Å². The maximum Gasteiger partial charge on any atom is 0.230 e. The molecule has 1 rings (SSSR count). The van der Waals surface area contributed by atoms with Crippen molar-refractivity contribution in [3.63, 3.8) is 0 Å². The van der Waals surface area contributed by atoms with E-state index in [2.05, 4.69) is 5.32 Å². The molecule has 0 aliphatic rings. The summed E-state index contributed by atoms with van der Waals surface area (Å²) in [5.41, 5.74) is 0.354. The number of aliphatic hydroxyl groups excluding tert-OH is 1. The Balaban J connectivity index is 2.71. The number of ether oxygens (including phenoxy) is 1. The van der Waals surface area contributed by atoms with Crippen molar-refractivity contribution in [1.82, 2.24) is 0 Å². The second-order valence-electron chi connectivity index (χ2n) is 4.84. The molecule has 2 atom stereocenters. The van der Waals surface area contributed by atoms with Crippen molar-refractivity contribution in [2.75, 3.05) is 19.0 Å². The highest BCUT2D eigenvalue weighted by atomic mass is 35.5. The molecule has 22 heavy (non-hydrogen) atoms. The minimum Gasteiger partial charge on any atom is -0.544 e. The molecule has 0 aromatic heterocycles. The van der Waals surface area contributed by atoms with E-state index in [-0.39, 0.29) is 13.0 Å². The Hall–Kier alpha value is -1.83. The summed E-state index contributed by atoms with van der Waals surface area (Å²) in [7, 11) is 1.44. The number of rotatable bonds is 8. The van der Waals surface area contributed by atoms with E-state index in [9.17, 15) is 19.8 Å². The molecule has 0 spiro atoms. The molecule has 8 heteroatoms. The minimum absolute atomic E-state index is 0.159. The van der Waals surface area contributed by atoms with Crippen LogP contribution in [0.1, 0.15) is 13.3 Å². The predicted molar refractivity (Wildman–Crippen MR) is 78.5 cm³/mol. The maximum atomic E-state index is 12.0. The van der Waals surface area contributed by atoms with Crippen LogP contribution in [0.15, 0.2) is 18.2 Å². The highest BCUT2D eigenvalue weighted by Gasteiger charge is 2.20. The molecule has 0 aliphatic heterocycles. The number of methoxy groups -OCH3 is 1. The zero-order chi connectivity index (χ0) is 16.7. The van der Waals surface area contributed by atoms with Crippen LogP contribution in [0.25, 0.3) is 0 Å². The normalized spacial score (nSPS) is 13.3. The van der Waals surface area contributed by atoms with Crippen molar-refractivity contribution in [3.05, 3.63) is 23.2 Å². The minimum atomic E-state index is -1.37. The second-order valence-corrected chi connectivity index (χ2v) is 5.28. The quantitative estimate of drug-likeness (QED) is 0.550. The summed E-state index contributed by atoms with van der Waals surface area (Å²) in [6, 6.07) is 3.62. The Kier molecular flexibility index (Phi) is 7.10. The molecule has 0 radical (unpaired) electrons. The van der Waals surface area contributed by atoms with Gasteiger partial charge in [0.05, 0.1) is 31.3 Å². The summed E-state index contributed by atoms with van der Waals surface area (Å²) in [6.07, 6.45) is -0.983. The Morgan fingerprint density at radius 1 is 1.50 bits per heavy atom. The number of benzene rings is 1. The van der Waals surface area contributed by atoms with Crippen LogP contribution in [0.2, 0.25) is 5.02 Å². The van der Waals surface area contributed by atoms with Gasteiger partial charge in [-0.25, -0.2) is 0 Å². The predicted octanol–water partition coefficient (Wildman–Crippen LogP) is -1.26. The van der Waals surface area contributed by atoms with Gasteiger partial charge in [-0.05, 0) is 25.1 Å². The lowest BCUT2D eigenvalue weighted by atomic mass is 10.2.